The van der Waals surface area contributed by atoms with Crippen LogP contribution in [0.4, 0.5) is 5.69 Å². The number of nitrogens with zero attached hydrogens (tertiary/aromatic N) is 3. The van der Waals surface area contributed by atoms with Crippen molar-refractivity contribution >= 4 is 11.6 Å². The van der Waals surface area contributed by atoms with Crippen molar-refractivity contribution in [2.45, 2.75) is 25.3 Å². The number of piperazine rings is 1. The number of hydrogen-bond acceptors (Lipinski definition) is 4. The predicted molar refractivity (Wildman–Crippen MR) is 101 cm³/mol. The van der Waals surface area contributed by atoms with Gasteiger partial charge in [-0.25, -0.2) is 0 Å². The van der Waals surface area contributed by atoms with Crippen molar-refractivity contribution in [3.63, 3.8) is 0 Å². The number of methoxy groups -OCH3 is 1. The van der Waals surface area contributed by atoms with Gasteiger partial charge in [0.1, 0.15) is 5.75 Å². The Labute approximate surface area is 150 Å². The first-order valence-electron chi connectivity index (χ1n) is 9.23. The summed E-state index contributed by atoms with van der Waals surface area (Å²) in [5, 5.41) is 0. The van der Waals surface area contributed by atoms with E-state index in [0.717, 1.165) is 51.4 Å². The largest absolute Gasteiger partial charge is 0.497 e. The zero-order chi connectivity index (χ0) is 17.6. The Morgan fingerprint density at radius 3 is 2.56 bits per heavy atom. The number of rotatable bonds is 5. The molecule has 2 fully saturated rings. The van der Waals surface area contributed by atoms with Crippen LogP contribution in [0.1, 0.15) is 19.3 Å². The molecule has 0 N–H and O–H groups in total. The fourth-order valence-electron chi connectivity index (χ4n) is 3.87. The molecule has 3 rings (SSSR count). The molecule has 2 aliphatic heterocycles. The summed E-state index contributed by atoms with van der Waals surface area (Å²) in [6.07, 6.45) is 4.46. The highest BCUT2D eigenvalue weighted by Gasteiger charge is 2.29. The molecule has 5 nitrogen and oxygen atoms in total. The minimum absolute atomic E-state index is 0.219. The first-order valence-corrected chi connectivity index (χ1v) is 9.23. The predicted octanol–water partition coefficient (Wildman–Crippen LogP) is 2.38. The molecular formula is C20H29N3O2. The molecule has 0 radical (unpaired) electrons. The zero-order valence-corrected chi connectivity index (χ0v) is 15.2. The van der Waals surface area contributed by atoms with Gasteiger partial charge in [0.2, 0.25) is 5.91 Å². The van der Waals surface area contributed by atoms with Crippen LogP contribution in [-0.2, 0) is 4.79 Å². The maximum Gasteiger partial charge on any atom is 0.226 e. The van der Waals surface area contributed by atoms with E-state index in [1.165, 1.54) is 12.1 Å². The van der Waals surface area contributed by atoms with Crippen molar-refractivity contribution < 1.29 is 9.53 Å². The van der Waals surface area contributed by atoms with Gasteiger partial charge in [-0.05, 0) is 37.1 Å². The molecule has 1 unspecified atom stereocenters. The third-order valence-corrected chi connectivity index (χ3v) is 5.34. The molecule has 0 saturated carbocycles. The molecule has 136 valence electrons. The second kappa shape index (κ2) is 8.39. The minimum Gasteiger partial charge on any atom is -0.497 e. The SMILES string of the molecule is C=CCC(=O)N1CCCC(N2CCN(c3ccc(OC)cc3)CC2)C1. The first kappa shape index (κ1) is 17.8. The van der Waals surface area contributed by atoms with E-state index < -0.39 is 0 Å². The third kappa shape index (κ3) is 4.34. The van der Waals surface area contributed by atoms with Crippen LogP contribution in [0, 0.1) is 0 Å². The van der Waals surface area contributed by atoms with Gasteiger partial charge in [0, 0.05) is 57.4 Å². The number of ether oxygens (including phenoxy) is 1. The summed E-state index contributed by atoms with van der Waals surface area (Å²) in [5.41, 5.74) is 1.26. The van der Waals surface area contributed by atoms with Crippen LogP contribution in [0.3, 0.4) is 0 Å². The third-order valence-electron chi connectivity index (χ3n) is 5.34. The molecule has 25 heavy (non-hydrogen) atoms. The van der Waals surface area contributed by atoms with Crippen LogP contribution in [0.25, 0.3) is 0 Å². The van der Waals surface area contributed by atoms with Crippen LogP contribution < -0.4 is 9.64 Å². The van der Waals surface area contributed by atoms with Crippen molar-refractivity contribution in [2.75, 3.05) is 51.3 Å². The van der Waals surface area contributed by atoms with Crippen molar-refractivity contribution in [1.82, 2.24) is 9.80 Å². The number of carbonyl (C=O) groups excluding carboxylic acids is 1. The average molecular weight is 343 g/mol. The number of carbonyl (C=O) groups is 1. The van der Waals surface area contributed by atoms with Crippen LogP contribution in [-0.4, -0.2) is 68.1 Å². The van der Waals surface area contributed by atoms with Gasteiger partial charge in [-0.3, -0.25) is 9.69 Å². The lowest BCUT2D eigenvalue weighted by Crippen LogP contribution is -2.55. The summed E-state index contributed by atoms with van der Waals surface area (Å²) < 4.78 is 5.23. The molecule has 2 aliphatic rings. The second-order valence-corrected chi connectivity index (χ2v) is 6.85. The van der Waals surface area contributed by atoms with Crippen LogP contribution in [0.5, 0.6) is 5.75 Å². The van der Waals surface area contributed by atoms with Gasteiger partial charge >= 0.3 is 0 Å². The molecule has 0 aliphatic carbocycles. The van der Waals surface area contributed by atoms with Gasteiger partial charge in [-0.1, -0.05) is 6.08 Å². The molecular weight excluding hydrogens is 314 g/mol. The molecule has 0 aromatic heterocycles. The van der Waals surface area contributed by atoms with E-state index in [0.29, 0.717) is 12.5 Å². The van der Waals surface area contributed by atoms with Crippen LogP contribution in [0.15, 0.2) is 36.9 Å². The number of amides is 1. The van der Waals surface area contributed by atoms with Crippen LogP contribution in [0.2, 0.25) is 0 Å². The summed E-state index contributed by atoms with van der Waals surface area (Å²) in [4.78, 5) is 19.1. The Bertz CT molecular complexity index is 579. The molecule has 1 aromatic rings. The van der Waals surface area contributed by atoms with Crippen molar-refractivity contribution in [3.8, 4) is 5.75 Å². The maximum atomic E-state index is 12.1. The van der Waals surface area contributed by atoms with E-state index in [1.807, 2.05) is 17.0 Å². The quantitative estimate of drug-likeness (QED) is 0.769. The fourth-order valence-corrected chi connectivity index (χ4v) is 3.87. The number of hydrogen-bond donors (Lipinski definition) is 0. The highest BCUT2D eigenvalue weighted by atomic mass is 16.5. The molecule has 5 heteroatoms. The molecule has 1 amide bonds. The monoisotopic (exact) mass is 343 g/mol. The average Bonchev–Trinajstić information content (AvgIpc) is 2.68. The highest BCUT2D eigenvalue weighted by Crippen LogP contribution is 2.23. The van der Waals surface area contributed by atoms with Gasteiger partial charge in [-0.15, -0.1) is 6.58 Å². The Kier molecular flexibility index (Phi) is 5.97. The van der Waals surface area contributed by atoms with Crippen LogP contribution >= 0.6 is 0 Å². The summed E-state index contributed by atoms with van der Waals surface area (Å²) in [5.74, 6) is 1.12. The maximum absolute atomic E-state index is 12.1. The Hall–Kier alpha value is -2.01. The number of likely N-dealkylation sites (tertiary alicyclic amines) is 1. The van der Waals surface area contributed by atoms with Gasteiger partial charge < -0.3 is 14.5 Å². The zero-order valence-electron chi connectivity index (χ0n) is 15.2. The van der Waals surface area contributed by atoms with E-state index in [1.54, 1.807) is 13.2 Å². The summed E-state index contributed by atoms with van der Waals surface area (Å²) in [7, 11) is 1.70. The molecule has 1 aromatic carbocycles. The molecule has 0 spiro atoms. The summed E-state index contributed by atoms with van der Waals surface area (Å²) in [6.45, 7) is 9.62. The lowest BCUT2D eigenvalue weighted by molar-refractivity contribution is -0.132. The second-order valence-electron chi connectivity index (χ2n) is 6.85. The van der Waals surface area contributed by atoms with Crippen molar-refractivity contribution in [2.24, 2.45) is 0 Å². The Morgan fingerprint density at radius 1 is 1.20 bits per heavy atom. The first-order chi connectivity index (χ1) is 12.2. The van der Waals surface area contributed by atoms with Gasteiger partial charge in [0.25, 0.3) is 0 Å². The van der Waals surface area contributed by atoms with E-state index in [-0.39, 0.29) is 5.91 Å². The molecule has 2 saturated heterocycles. The normalized spacial score (nSPS) is 21.9. The lowest BCUT2D eigenvalue weighted by atomic mass is 10.0. The molecule has 1 atom stereocenters. The number of piperidine rings is 1. The smallest absolute Gasteiger partial charge is 0.226 e. The fraction of sp³-hybridized carbons (Fsp3) is 0.550. The van der Waals surface area contributed by atoms with E-state index in [4.69, 9.17) is 4.74 Å². The van der Waals surface area contributed by atoms with Crippen molar-refractivity contribution in [1.29, 1.82) is 0 Å². The summed E-state index contributed by atoms with van der Waals surface area (Å²) in [6, 6.07) is 8.80. The van der Waals surface area contributed by atoms with Gasteiger partial charge in [0.05, 0.1) is 7.11 Å². The lowest BCUT2D eigenvalue weighted by Gasteiger charge is -2.44. The van der Waals surface area contributed by atoms with Crippen molar-refractivity contribution in [3.05, 3.63) is 36.9 Å². The highest BCUT2D eigenvalue weighted by molar-refractivity contribution is 5.77. The Morgan fingerprint density at radius 2 is 1.92 bits per heavy atom. The molecule has 2 heterocycles. The number of anilines is 1. The topological polar surface area (TPSA) is 36.0 Å². The van der Waals surface area contributed by atoms with Gasteiger partial charge in [-0.2, -0.15) is 0 Å². The number of benzene rings is 1. The van der Waals surface area contributed by atoms with E-state index in [9.17, 15) is 4.79 Å². The summed E-state index contributed by atoms with van der Waals surface area (Å²) >= 11 is 0. The van der Waals surface area contributed by atoms with E-state index >= 15 is 0 Å². The molecule has 0 bridgehead atoms. The standard InChI is InChI=1S/C20H29N3O2/c1-3-5-20(24)23-11-4-6-18(16-23)22-14-12-21(13-15-22)17-7-9-19(25-2)10-8-17/h3,7-10,18H,1,4-6,11-16H2,2H3. The van der Waals surface area contributed by atoms with Gasteiger partial charge in [0.15, 0.2) is 0 Å². The minimum atomic E-state index is 0.219. The Balaban J connectivity index is 1.52. The van der Waals surface area contributed by atoms with E-state index in [2.05, 4.69) is 28.5 Å².